The summed E-state index contributed by atoms with van der Waals surface area (Å²) in [5.41, 5.74) is 0. The standard InChI is InChI=1S/C8H18O5/c1-9-3-5-11-7-13-8-12-6-4-10-2/h3-8H2,1-2H3. The van der Waals surface area contributed by atoms with Crippen LogP contribution in [0.25, 0.3) is 0 Å². The summed E-state index contributed by atoms with van der Waals surface area (Å²) in [5.74, 6) is 0. The molecule has 0 aliphatic heterocycles. The normalized spacial score (nSPS) is 10.6. The fourth-order valence-electron chi connectivity index (χ4n) is 0.554. The molecule has 0 aromatic rings. The Labute approximate surface area is 78.9 Å². The fourth-order valence-corrected chi connectivity index (χ4v) is 0.554. The van der Waals surface area contributed by atoms with E-state index in [2.05, 4.69) is 0 Å². The first-order chi connectivity index (χ1) is 6.41. The minimum atomic E-state index is 0.232. The lowest BCUT2D eigenvalue weighted by Gasteiger charge is -2.05. The van der Waals surface area contributed by atoms with E-state index in [0.29, 0.717) is 26.4 Å². The summed E-state index contributed by atoms with van der Waals surface area (Å²) in [6.45, 7) is 2.69. The Hall–Kier alpha value is -0.200. The van der Waals surface area contributed by atoms with Gasteiger partial charge >= 0.3 is 0 Å². The van der Waals surface area contributed by atoms with Gasteiger partial charge in [-0.2, -0.15) is 0 Å². The lowest BCUT2D eigenvalue weighted by molar-refractivity contribution is -0.139. The average molecular weight is 194 g/mol. The number of ether oxygens (including phenoxy) is 5. The molecule has 80 valence electrons. The zero-order valence-electron chi connectivity index (χ0n) is 8.28. The Morgan fingerprint density at radius 2 is 1.08 bits per heavy atom. The summed E-state index contributed by atoms with van der Waals surface area (Å²) in [6, 6.07) is 0. The number of rotatable bonds is 10. The molecule has 0 aliphatic rings. The molecule has 13 heavy (non-hydrogen) atoms. The quantitative estimate of drug-likeness (QED) is 0.368. The molecule has 0 unspecified atom stereocenters. The van der Waals surface area contributed by atoms with Crippen LogP contribution in [0.3, 0.4) is 0 Å². The van der Waals surface area contributed by atoms with Gasteiger partial charge in [-0.05, 0) is 0 Å². The molecule has 0 fully saturated rings. The van der Waals surface area contributed by atoms with Crippen molar-refractivity contribution in [2.45, 2.75) is 0 Å². The highest BCUT2D eigenvalue weighted by Gasteiger charge is 1.89. The molecule has 0 rings (SSSR count). The lowest BCUT2D eigenvalue weighted by Crippen LogP contribution is -2.10. The summed E-state index contributed by atoms with van der Waals surface area (Å²) < 4.78 is 24.6. The Morgan fingerprint density at radius 1 is 0.615 bits per heavy atom. The van der Waals surface area contributed by atoms with Crippen molar-refractivity contribution in [2.24, 2.45) is 0 Å². The maximum absolute atomic E-state index is 5.02. The molecule has 0 radical (unpaired) electrons. The molecule has 0 bridgehead atoms. The third kappa shape index (κ3) is 11.8. The van der Waals surface area contributed by atoms with Gasteiger partial charge in [0, 0.05) is 14.2 Å². The minimum Gasteiger partial charge on any atom is -0.382 e. The lowest BCUT2D eigenvalue weighted by atomic mass is 10.8. The number of methoxy groups -OCH3 is 2. The third-order valence-electron chi connectivity index (χ3n) is 1.20. The molecular weight excluding hydrogens is 176 g/mol. The molecule has 0 spiro atoms. The van der Waals surface area contributed by atoms with Crippen molar-refractivity contribution < 1.29 is 23.7 Å². The third-order valence-corrected chi connectivity index (χ3v) is 1.20. The van der Waals surface area contributed by atoms with Crippen molar-refractivity contribution in [2.75, 3.05) is 54.2 Å². The van der Waals surface area contributed by atoms with Crippen LogP contribution >= 0.6 is 0 Å². The van der Waals surface area contributed by atoms with Gasteiger partial charge in [0.2, 0.25) is 0 Å². The topological polar surface area (TPSA) is 46.2 Å². The Kier molecular flexibility index (Phi) is 11.6. The maximum Gasteiger partial charge on any atom is 0.149 e. The molecular formula is C8H18O5. The van der Waals surface area contributed by atoms with Crippen molar-refractivity contribution in [1.29, 1.82) is 0 Å². The van der Waals surface area contributed by atoms with Gasteiger partial charge in [-0.25, -0.2) is 0 Å². The van der Waals surface area contributed by atoms with E-state index in [-0.39, 0.29) is 13.6 Å². The first kappa shape index (κ1) is 12.8. The summed E-state index contributed by atoms with van der Waals surface area (Å²) in [6.07, 6.45) is 0. The second-order valence-corrected chi connectivity index (χ2v) is 2.24. The Balaban J connectivity index is 2.76. The molecule has 0 aromatic heterocycles. The summed E-state index contributed by atoms with van der Waals surface area (Å²) >= 11 is 0. The van der Waals surface area contributed by atoms with Crippen LogP contribution in [-0.4, -0.2) is 54.2 Å². The SMILES string of the molecule is COCCOCOCOCCOC. The second kappa shape index (κ2) is 11.8. The van der Waals surface area contributed by atoms with Crippen molar-refractivity contribution in [3.63, 3.8) is 0 Å². The van der Waals surface area contributed by atoms with Crippen molar-refractivity contribution in [3.05, 3.63) is 0 Å². The minimum absolute atomic E-state index is 0.232. The summed E-state index contributed by atoms with van der Waals surface area (Å²) in [4.78, 5) is 0. The van der Waals surface area contributed by atoms with Gasteiger partial charge in [-0.1, -0.05) is 0 Å². The first-order valence-electron chi connectivity index (χ1n) is 4.13. The van der Waals surface area contributed by atoms with Crippen LogP contribution in [-0.2, 0) is 23.7 Å². The van der Waals surface area contributed by atoms with Crippen molar-refractivity contribution in [1.82, 2.24) is 0 Å². The molecule has 0 aliphatic carbocycles. The summed E-state index contributed by atoms with van der Waals surface area (Å²) in [7, 11) is 3.25. The number of hydrogen-bond acceptors (Lipinski definition) is 5. The van der Waals surface area contributed by atoms with Crippen LogP contribution < -0.4 is 0 Å². The van der Waals surface area contributed by atoms with Gasteiger partial charge in [0.1, 0.15) is 13.6 Å². The smallest absolute Gasteiger partial charge is 0.149 e. The van der Waals surface area contributed by atoms with Crippen LogP contribution in [0.1, 0.15) is 0 Å². The average Bonchev–Trinajstić information content (AvgIpc) is 2.16. The van der Waals surface area contributed by atoms with Gasteiger partial charge in [-0.15, -0.1) is 0 Å². The van der Waals surface area contributed by atoms with Crippen LogP contribution in [0.5, 0.6) is 0 Å². The highest BCUT2D eigenvalue weighted by Crippen LogP contribution is 1.81. The predicted octanol–water partition coefficient (Wildman–Crippen LogP) is 0.244. The molecule has 5 nitrogen and oxygen atoms in total. The molecule has 0 amide bonds. The zero-order chi connectivity index (χ0) is 9.78. The first-order valence-corrected chi connectivity index (χ1v) is 4.13. The highest BCUT2D eigenvalue weighted by atomic mass is 16.7. The predicted molar refractivity (Wildman–Crippen MR) is 46.5 cm³/mol. The van der Waals surface area contributed by atoms with Gasteiger partial charge in [0.25, 0.3) is 0 Å². The van der Waals surface area contributed by atoms with Crippen LogP contribution in [0.2, 0.25) is 0 Å². The van der Waals surface area contributed by atoms with Gasteiger partial charge in [-0.3, -0.25) is 0 Å². The molecule has 0 atom stereocenters. The van der Waals surface area contributed by atoms with Crippen LogP contribution in [0.4, 0.5) is 0 Å². The van der Waals surface area contributed by atoms with Gasteiger partial charge < -0.3 is 23.7 Å². The van der Waals surface area contributed by atoms with Crippen molar-refractivity contribution >= 4 is 0 Å². The Bertz CT molecular complexity index is 78.6. The van der Waals surface area contributed by atoms with Gasteiger partial charge in [0.05, 0.1) is 26.4 Å². The van der Waals surface area contributed by atoms with Crippen molar-refractivity contribution in [3.8, 4) is 0 Å². The monoisotopic (exact) mass is 194 g/mol. The largest absolute Gasteiger partial charge is 0.382 e. The van der Waals surface area contributed by atoms with E-state index in [9.17, 15) is 0 Å². The number of hydrogen-bond donors (Lipinski definition) is 0. The molecule has 0 heterocycles. The van der Waals surface area contributed by atoms with Crippen LogP contribution in [0.15, 0.2) is 0 Å². The van der Waals surface area contributed by atoms with E-state index in [0.717, 1.165) is 0 Å². The maximum atomic E-state index is 5.02. The molecule has 0 saturated carbocycles. The molecule has 0 aromatic carbocycles. The molecule has 5 heteroatoms. The van der Waals surface area contributed by atoms with Crippen LogP contribution in [0, 0.1) is 0 Å². The van der Waals surface area contributed by atoms with E-state index in [1.54, 1.807) is 14.2 Å². The molecule has 0 N–H and O–H groups in total. The Morgan fingerprint density at radius 3 is 1.46 bits per heavy atom. The zero-order valence-corrected chi connectivity index (χ0v) is 8.28. The second-order valence-electron chi connectivity index (χ2n) is 2.24. The molecule has 0 saturated heterocycles. The van der Waals surface area contributed by atoms with E-state index in [1.165, 1.54) is 0 Å². The van der Waals surface area contributed by atoms with Gasteiger partial charge in [0.15, 0.2) is 0 Å². The van der Waals surface area contributed by atoms with E-state index >= 15 is 0 Å². The highest BCUT2D eigenvalue weighted by molar-refractivity contribution is 4.23. The van der Waals surface area contributed by atoms with E-state index < -0.39 is 0 Å². The fraction of sp³-hybridized carbons (Fsp3) is 1.00. The summed E-state index contributed by atoms with van der Waals surface area (Å²) in [5, 5.41) is 0. The van der Waals surface area contributed by atoms with E-state index in [4.69, 9.17) is 23.7 Å². The van der Waals surface area contributed by atoms with E-state index in [1.807, 2.05) is 0 Å².